The Morgan fingerprint density at radius 1 is 1.36 bits per heavy atom. The fourth-order valence-corrected chi connectivity index (χ4v) is 3.82. The molecule has 28 heavy (non-hydrogen) atoms. The zero-order valence-electron chi connectivity index (χ0n) is 17.7. The first-order chi connectivity index (χ1) is 12.8. The van der Waals surface area contributed by atoms with Gasteiger partial charge in [-0.25, -0.2) is 4.79 Å². The summed E-state index contributed by atoms with van der Waals surface area (Å²) in [5, 5.41) is 8.95. The van der Waals surface area contributed by atoms with Gasteiger partial charge in [-0.3, -0.25) is 4.99 Å². The third kappa shape index (κ3) is 8.55. The van der Waals surface area contributed by atoms with Gasteiger partial charge in [0.2, 0.25) is 0 Å². The molecule has 1 amide bonds. The van der Waals surface area contributed by atoms with Gasteiger partial charge >= 0.3 is 6.09 Å². The second-order valence-electron chi connectivity index (χ2n) is 8.16. The molecule has 0 saturated carbocycles. The fraction of sp³-hybridized carbons (Fsp3) is 0.700. The Morgan fingerprint density at radius 2 is 2.04 bits per heavy atom. The van der Waals surface area contributed by atoms with Crippen LogP contribution in [0.1, 0.15) is 51.3 Å². The van der Waals surface area contributed by atoms with Crippen LogP contribution >= 0.6 is 35.3 Å². The second kappa shape index (κ2) is 11.8. The Morgan fingerprint density at radius 3 is 2.57 bits per heavy atom. The highest BCUT2D eigenvalue weighted by Gasteiger charge is 2.26. The van der Waals surface area contributed by atoms with Gasteiger partial charge in [0.1, 0.15) is 5.60 Å². The average Bonchev–Trinajstić information content (AvgIpc) is 3.15. The number of nitrogens with zero attached hydrogens (tertiary/aromatic N) is 2. The van der Waals surface area contributed by atoms with Gasteiger partial charge in [-0.15, -0.1) is 35.3 Å². The highest BCUT2D eigenvalue weighted by Crippen LogP contribution is 2.20. The molecule has 8 heteroatoms. The van der Waals surface area contributed by atoms with E-state index in [1.807, 2.05) is 25.7 Å². The van der Waals surface area contributed by atoms with E-state index in [2.05, 4.69) is 40.1 Å². The van der Waals surface area contributed by atoms with Crippen LogP contribution in [0, 0.1) is 5.92 Å². The highest BCUT2D eigenvalue weighted by molar-refractivity contribution is 14.0. The van der Waals surface area contributed by atoms with Gasteiger partial charge in [-0.1, -0.05) is 13.0 Å². The SMILES string of the molecule is CN=C(NCC1CCN(C(=O)OC(C)(C)C)CC1)NCC(C)c1cccs1.I. The first kappa shape index (κ1) is 25.0. The number of carbonyl (C=O) groups is 1. The van der Waals surface area contributed by atoms with Crippen LogP contribution in [-0.2, 0) is 4.74 Å². The van der Waals surface area contributed by atoms with Crippen LogP contribution in [0.2, 0.25) is 0 Å². The molecule has 6 nitrogen and oxygen atoms in total. The van der Waals surface area contributed by atoms with E-state index in [-0.39, 0.29) is 30.1 Å². The van der Waals surface area contributed by atoms with Crippen LogP contribution < -0.4 is 10.6 Å². The maximum atomic E-state index is 12.1. The van der Waals surface area contributed by atoms with E-state index in [9.17, 15) is 4.79 Å². The smallest absolute Gasteiger partial charge is 0.410 e. The molecule has 2 N–H and O–H groups in total. The van der Waals surface area contributed by atoms with Crippen molar-refractivity contribution in [2.24, 2.45) is 10.9 Å². The minimum Gasteiger partial charge on any atom is -0.444 e. The lowest BCUT2D eigenvalue weighted by Gasteiger charge is -2.33. The van der Waals surface area contributed by atoms with Crippen molar-refractivity contribution in [1.29, 1.82) is 0 Å². The molecule has 0 aromatic carbocycles. The van der Waals surface area contributed by atoms with Gasteiger partial charge in [-0.05, 0) is 51.0 Å². The molecule has 2 rings (SSSR count). The van der Waals surface area contributed by atoms with E-state index in [1.165, 1.54) is 4.88 Å². The van der Waals surface area contributed by atoms with E-state index < -0.39 is 5.60 Å². The minimum absolute atomic E-state index is 0. The summed E-state index contributed by atoms with van der Waals surface area (Å²) in [4.78, 5) is 19.7. The summed E-state index contributed by atoms with van der Waals surface area (Å²) < 4.78 is 5.46. The number of amides is 1. The number of thiophene rings is 1. The number of rotatable bonds is 5. The number of likely N-dealkylation sites (tertiary alicyclic amines) is 1. The second-order valence-corrected chi connectivity index (χ2v) is 9.14. The van der Waals surface area contributed by atoms with Crippen molar-refractivity contribution < 1.29 is 9.53 Å². The predicted octanol–water partition coefficient (Wildman–Crippen LogP) is 4.28. The van der Waals surface area contributed by atoms with E-state index >= 15 is 0 Å². The van der Waals surface area contributed by atoms with Crippen molar-refractivity contribution in [3.63, 3.8) is 0 Å². The minimum atomic E-state index is -0.437. The Hall–Kier alpha value is -1.03. The van der Waals surface area contributed by atoms with Crippen LogP contribution in [-0.4, -0.2) is 55.8 Å². The lowest BCUT2D eigenvalue weighted by Crippen LogP contribution is -2.45. The molecule has 160 valence electrons. The number of carbonyl (C=O) groups excluding carboxylic acids is 1. The summed E-state index contributed by atoms with van der Waals surface area (Å²) in [7, 11) is 1.80. The van der Waals surface area contributed by atoms with Crippen molar-refractivity contribution >= 4 is 47.4 Å². The van der Waals surface area contributed by atoms with Crippen molar-refractivity contribution in [2.75, 3.05) is 33.2 Å². The Kier molecular flexibility index (Phi) is 10.6. The van der Waals surface area contributed by atoms with Crippen LogP contribution in [0.4, 0.5) is 4.79 Å². The molecule has 1 aliphatic heterocycles. The first-order valence-electron chi connectivity index (χ1n) is 9.74. The van der Waals surface area contributed by atoms with E-state index in [1.54, 1.807) is 18.4 Å². The van der Waals surface area contributed by atoms with E-state index in [0.717, 1.165) is 45.0 Å². The molecule has 0 aliphatic carbocycles. The van der Waals surface area contributed by atoms with Gasteiger partial charge in [0.05, 0.1) is 0 Å². The molecule has 1 aromatic heterocycles. The quantitative estimate of drug-likeness (QED) is 0.344. The summed E-state index contributed by atoms with van der Waals surface area (Å²) in [6, 6.07) is 4.26. The zero-order chi connectivity index (χ0) is 19.9. The monoisotopic (exact) mass is 522 g/mol. The van der Waals surface area contributed by atoms with Crippen molar-refractivity contribution in [3.8, 4) is 0 Å². The van der Waals surface area contributed by atoms with Gasteiger partial charge in [0.15, 0.2) is 5.96 Å². The summed E-state index contributed by atoms with van der Waals surface area (Å²) >= 11 is 1.79. The number of piperidine rings is 1. The third-order valence-corrected chi connectivity index (χ3v) is 5.76. The van der Waals surface area contributed by atoms with Gasteiger partial charge in [0, 0.05) is 44.0 Å². The summed E-state index contributed by atoms with van der Waals surface area (Å²) in [5.41, 5.74) is -0.437. The Balaban J connectivity index is 0.00000392. The molecule has 1 saturated heterocycles. The van der Waals surface area contributed by atoms with Gasteiger partial charge in [-0.2, -0.15) is 0 Å². The lowest BCUT2D eigenvalue weighted by atomic mass is 9.97. The average molecular weight is 522 g/mol. The number of nitrogens with one attached hydrogen (secondary N) is 2. The molecule has 0 radical (unpaired) electrons. The topological polar surface area (TPSA) is 66.0 Å². The third-order valence-electron chi connectivity index (χ3n) is 4.65. The van der Waals surface area contributed by atoms with Crippen LogP contribution in [0.25, 0.3) is 0 Å². The summed E-state index contributed by atoms with van der Waals surface area (Å²) in [6.45, 7) is 11.2. The predicted molar refractivity (Wildman–Crippen MR) is 128 cm³/mol. The molecule has 1 aliphatic rings. The van der Waals surface area contributed by atoms with Gasteiger partial charge < -0.3 is 20.3 Å². The maximum absolute atomic E-state index is 12.1. The van der Waals surface area contributed by atoms with E-state index in [0.29, 0.717) is 11.8 Å². The molecular weight excluding hydrogens is 487 g/mol. The number of aliphatic imine (C=N–C) groups is 1. The van der Waals surface area contributed by atoms with Crippen LogP contribution in [0.3, 0.4) is 0 Å². The summed E-state index contributed by atoms with van der Waals surface area (Å²) in [5.74, 6) is 1.84. The summed E-state index contributed by atoms with van der Waals surface area (Å²) in [6.07, 6.45) is 1.76. The highest BCUT2D eigenvalue weighted by atomic mass is 127. The standard InChI is InChI=1S/C20H34N4O2S.HI/c1-15(17-7-6-12-27-17)13-22-18(21-5)23-14-16-8-10-24(11-9-16)19(25)26-20(2,3)4;/h6-7,12,15-16H,8-11,13-14H2,1-5H3,(H2,21,22,23);1H. The molecule has 0 bridgehead atoms. The normalized spacial score (nSPS) is 16.9. The molecule has 1 unspecified atom stereocenters. The van der Waals surface area contributed by atoms with Crippen molar-refractivity contribution in [3.05, 3.63) is 22.4 Å². The molecule has 1 fully saturated rings. The molecule has 2 heterocycles. The van der Waals surface area contributed by atoms with Crippen LogP contribution in [0.15, 0.2) is 22.5 Å². The van der Waals surface area contributed by atoms with Gasteiger partial charge in [0.25, 0.3) is 0 Å². The fourth-order valence-electron chi connectivity index (χ4n) is 3.03. The van der Waals surface area contributed by atoms with E-state index in [4.69, 9.17) is 4.74 Å². The lowest BCUT2D eigenvalue weighted by molar-refractivity contribution is 0.0185. The zero-order valence-corrected chi connectivity index (χ0v) is 20.8. The van der Waals surface area contributed by atoms with Crippen molar-refractivity contribution in [1.82, 2.24) is 15.5 Å². The maximum Gasteiger partial charge on any atom is 0.410 e. The van der Waals surface area contributed by atoms with Crippen molar-refractivity contribution in [2.45, 2.75) is 52.1 Å². The number of guanidine groups is 1. The Bertz CT molecular complexity index is 608. The molecule has 0 spiro atoms. The number of halogens is 1. The number of hydrogen-bond acceptors (Lipinski definition) is 4. The Labute approximate surface area is 190 Å². The molecular formula is C20H35IN4O2S. The number of hydrogen-bond donors (Lipinski definition) is 2. The first-order valence-corrected chi connectivity index (χ1v) is 10.6. The number of ether oxygens (including phenoxy) is 1. The largest absolute Gasteiger partial charge is 0.444 e. The van der Waals surface area contributed by atoms with Crippen LogP contribution in [0.5, 0.6) is 0 Å². The molecule has 1 aromatic rings. The molecule has 1 atom stereocenters.